The van der Waals surface area contributed by atoms with E-state index in [2.05, 4.69) is 27.5 Å². The molecule has 70 valence electrons. The maximum absolute atomic E-state index is 4.53. The van der Waals surface area contributed by atoms with Gasteiger partial charge in [0.25, 0.3) is 0 Å². The molecule has 2 heterocycles. The van der Waals surface area contributed by atoms with Crippen LogP contribution in [0.1, 0.15) is 19.8 Å². The van der Waals surface area contributed by atoms with Gasteiger partial charge in [-0.15, -0.1) is 0 Å². The van der Waals surface area contributed by atoms with Gasteiger partial charge in [0.15, 0.2) is 0 Å². The molecule has 13 heavy (non-hydrogen) atoms. The molecule has 2 aliphatic rings. The summed E-state index contributed by atoms with van der Waals surface area (Å²) >= 11 is 0. The number of nitrogens with one attached hydrogen (secondary N) is 2. The number of aliphatic imine (C=N–C) groups is 1. The van der Waals surface area contributed by atoms with Gasteiger partial charge in [0, 0.05) is 12.6 Å². The van der Waals surface area contributed by atoms with Crippen LogP contribution in [0.4, 0.5) is 0 Å². The summed E-state index contributed by atoms with van der Waals surface area (Å²) in [5.74, 6) is 5.89. The summed E-state index contributed by atoms with van der Waals surface area (Å²) in [4.78, 5) is 4.53. The Balaban J connectivity index is 1.98. The van der Waals surface area contributed by atoms with Crippen molar-refractivity contribution in [3.05, 3.63) is 0 Å². The van der Waals surface area contributed by atoms with Crippen LogP contribution in [0.5, 0.6) is 0 Å². The van der Waals surface area contributed by atoms with E-state index in [-0.39, 0.29) is 6.17 Å². The van der Waals surface area contributed by atoms with Gasteiger partial charge in [-0.25, -0.2) is 0 Å². The summed E-state index contributed by atoms with van der Waals surface area (Å²) < 4.78 is 0. The Hall–Kier alpha value is -0.850. The summed E-state index contributed by atoms with van der Waals surface area (Å²) in [5.41, 5.74) is 1.00. The quantitative estimate of drug-likeness (QED) is 0.559. The molecule has 2 N–H and O–H groups in total. The minimum atomic E-state index is 0.262. The molecule has 0 amide bonds. The van der Waals surface area contributed by atoms with Gasteiger partial charge in [0.2, 0.25) is 0 Å². The molecule has 0 spiro atoms. The van der Waals surface area contributed by atoms with Gasteiger partial charge in [0.05, 0.1) is 0 Å². The Bertz CT molecular complexity index is 266. The van der Waals surface area contributed by atoms with Crippen LogP contribution in [0.2, 0.25) is 0 Å². The average Bonchev–Trinajstić information content (AvgIpc) is 2.70. The van der Waals surface area contributed by atoms with Crippen molar-refractivity contribution in [1.29, 1.82) is 0 Å². The highest BCUT2D eigenvalue weighted by molar-refractivity contribution is 6.03. The molecule has 0 bridgehead atoms. The zero-order valence-corrected chi connectivity index (χ0v) is 7.93. The molecule has 0 radical (unpaired) electrons. The van der Waals surface area contributed by atoms with Gasteiger partial charge in [-0.3, -0.25) is 10.3 Å². The van der Waals surface area contributed by atoms with Crippen molar-refractivity contribution in [3.63, 3.8) is 0 Å². The lowest BCUT2D eigenvalue weighted by Crippen LogP contribution is -2.40. The first-order valence-corrected chi connectivity index (χ1v) is 4.86. The van der Waals surface area contributed by atoms with E-state index in [4.69, 9.17) is 0 Å². The maximum Gasteiger partial charge on any atom is 0.116 e. The van der Waals surface area contributed by atoms with Crippen LogP contribution in [-0.4, -0.2) is 31.0 Å². The third-order valence-electron chi connectivity index (χ3n) is 2.52. The van der Waals surface area contributed by atoms with Crippen LogP contribution < -0.4 is 10.6 Å². The van der Waals surface area contributed by atoms with Gasteiger partial charge >= 0.3 is 0 Å². The van der Waals surface area contributed by atoms with Crippen molar-refractivity contribution in [2.45, 2.75) is 32.0 Å². The molecule has 1 saturated heterocycles. The minimum Gasteiger partial charge on any atom is -0.311 e. The van der Waals surface area contributed by atoms with Crippen molar-refractivity contribution >= 4 is 5.71 Å². The van der Waals surface area contributed by atoms with Gasteiger partial charge < -0.3 is 5.32 Å². The number of hydrogen-bond donors (Lipinski definition) is 2. The van der Waals surface area contributed by atoms with Crippen LogP contribution >= 0.6 is 0 Å². The molecule has 0 aromatic carbocycles. The molecule has 0 aromatic rings. The van der Waals surface area contributed by atoms with Crippen molar-refractivity contribution in [3.8, 4) is 11.8 Å². The monoisotopic (exact) mass is 177 g/mol. The average molecular weight is 177 g/mol. The summed E-state index contributed by atoms with van der Waals surface area (Å²) in [6, 6.07) is 0.524. The third-order valence-corrected chi connectivity index (χ3v) is 2.52. The van der Waals surface area contributed by atoms with Crippen LogP contribution in [0.15, 0.2) is 4.99 Å². The molecule has 0 saturated carbocycles. The smallest absolute Gasteiger partial charge is 0.116 e. The zero-order valence-electron chi connectivity index (χ0n) is 7.93. The fourth-order valence-corrected chi connectivity index (χ4v) is 1.89. The van der Waals surface area contributed by atoms with Crippen molar-refractivity contribution in [2.24, 2.45) is 4.99 Å². The van der Waals surface area contributed by atoms with Crippen LogP contribution in [0.3, 0.4) is 0 Å². The van der Waals surface area contributed by atoms with E-state index in [9.17, 15) is 0 Å². The molecule has 0 aliphatic carbocycles. The second kappa shape index (κ2) is 3.91. The number of nitrogens with zero attached hydrogens (tertiary/aromatic N) is 1. The normalized spacial score (nSPS) is 32.5. The molecule has 2 atom stereocenters. The fourth-order valence-electron chi connectivity index (χ4n) is 1.89. The van der Waals surface area contributed by atoms with Crippen LogP contribution in [0.25, 0.3) is 0 Å². The van der Waals surface area contributed by atoms with Gasteiger partial charge in [0.1, 0.15) is 11.9 Å². The predicted octanol–water partition coefficient (Wildman–Crippen LogP) is 0.132. The zero-order chi connectivity index (χ0) is 9.10. The molecular weight excluding hydrogens is 162 g/mol. The number of hydrogen-bond acceptors (Lipinski definition) is 3. The van der Waals surface area contributed by atoms with Gasteiger partial charge in [-0.1, -0.05) is 11.8 Å². The van der Waals surface area contributed by atoms with E-state index < -0.39 is 0 Å². The molecule has 2 rings (SSSR count). The molecule has 1 fully saturated rings. The molecular formula is C10H15N3. The lowest BCUT2D eigenvalue weighted by Gasteiger charge is -2.15. The topological polar surface area (TPSA) is 36.4 Å². The first-order valence-electron chi connectivity index (χ1n) is 4.86. The summed E-state index contributed by atoms with van der Waals surface area (Å²) in [7, 11) is 0. The lowest BCUT2D eigenvalue weighted by molar-refractivity contribution is 0.450. The van der Waals surface area contributed by atoms with E-state index in [0.29, 0.717) is 6.04 Å². The first-order chi connectivity index (χ1) is 6.40. The summed E-state index contributed by atoms with van der Waals surface area (Å²) in [6.45, 7) is 3.82. The van der Waals surface area contributed by atoms with E-state index in [1.165, 1.54) is 12.8 Å². The Morgan fingerprint density at radius 3 is 3.08 bits per heavy atom. The summed E-state index contributed by atoms with van der Waals surface area (Å²) in [5, 5.41) is 6.81. The highest BCUT2D eigenvalue weighted by atomic mass is 15.2. The van der Waals surface area contributed by atoms with Gasteiger partial charge in [-0.05, 0) is 26.3 Å². The van der Waals surface area contributed by atoms with Gasteiger partial charge in [-0.2, -0.15) is 0 Å². The van der Waals surface area contributed by atoms with Crippen molar-refractivity contribution in [1.82, 2.24) is 10.6 Å². The second-order valence-corrected chi connectivity index (χ2v) is 3.48. The standard InChI is InChI=1S/C10H15N3/c1-2-4-8-7-12-10(13-8)9-5-3-6-11-9/h9-12H,3,5-7H2,1H3. The minimum absolute atomic E-state index is 0.262. The van der Waals surface area contributed by atoms with E-state index in [1.807, 2.05) is 6.92 Å². The fraction of sp³-hybridized carbons (Fsp3) is 0.700. The highest BCUT2D eigenvalue weighted by Gasteiger charge is 2.26. The first kappa shape index (κ1) is 8.74. The molecule has 2 unspecified atom stereocenters. The van der Waals surface area contributed by atoms with Crippen LogP contribution in [0, 0.1) is 11.8 Å². The summed E-state index contributed by atoms with van der Waals surface area (Å²) in [6.07, 6.45) is 2.76. The number of rotatable bonds is 1. The molecule has 0 aromatic heterocycles. The predicted molar refractivity (Wildman–Crippen MR) is 53.7 cm³/mol. The Morgan fingerprint density at radius 2 is 2.38 bits per heavy atom. The SMILES string of the molecule is CC#CC1=NC(C2CCCN2)NC1. The van der Waals surface area contributed by atoms with Crippen molar-refractivity contribution in [2.75, 3.05) is 13.1 Å². The van der Waals surface area contributed by atoms with E-state index in [0.717, 1.165) is 18.8 Å². The van der Waals surface area contributed by atoms with Crippen molar-refractivity contribution < 1.29 is 0 Å². The van der Waals surface area contributed by atoms with Crippen LogP contribution in [-0.2, 0) is 0 Å². The van der Waals surface area contributed by atoms with E-state index in [1.54, 1.807) is 0 Å². The Kier molecular flexibility index (Phi) is 2.62. The second-order valence-electron chi connectivity index (χ2n) is 3.48. The molecule has 3 nitrogen and oxygen atoms in total. The molecule has 2 aliphatic heterocycles. The van der Waals surface area contributed by atoms with E-state index >= 15 is 0 Å². The third kappa shape index (κ3) is 1.90. The Morgan fingerprint density at radius 1 is 1.46 bits per heavy atom. The Labute approximate surface area is 79.0 Å². The largest absolute Gasteiger partial charge is 0.311 e. The lowest BCUT2D eigenvalue weighted by atomic mass is 10.2. The highest BCUT2D eigenvalue weighted by Crippen LogP contribution is 2.12. The molecule has 3 heteroatoms. The maximum atomic E-state index is 4.53.